The Labute approximate surface area is 115 Å². The normalized spacial score (nSPS) is 24.3. The van der Waals surface area contributed by atoms with Gasteiger partial charge in [0.2, 0.25) is 5.91 Å². The predicted octanol–water partition coefficient (Wildman–Crippen LogP) is 1.61. The molecule has 1 rings (SSSR count). The van der Waals surface area contributed by atoms with Crippen LogP contribution in [0.25, 0.3) is 0 Å². The van der Waals surface area contributed by atoms with Crippen molar-refractivity contribution >= 4 is 34.7 Å². The maximum atomic E-state index is 11.5. The molecule has 0 aromatic carbocycles. The van der Waals surface area contributed by atoms with Gasteiger partial charge < -0.3 is 10.4 Å². The lowest BCUT2D eigenvalue weighted by molar-refractivity contribution is -0.137. The van der Waals surface area contributed by atoms with Gasteiger partial charge in [0.1, 0.15) is 0 Å². The van der Waals surface area contributed by atoms with Crippen LogP contribution in [0, 0.1) is 0 Å². The minimum Gasteiger partial charge on any atom is -0.481 e. The van der Waals surface area contributed by atoms with E-state index in [0.29, 0.717) is 18.9 Å². The van der Waals surface area contributed by atoms with Crippen molar-refractivity contribution in [3.8, 4) is 0 Å². The highest BCUT2D eigenvalue weighted by Gasteiger charge is 2.21. The molecule has 3 N–H and O–H groups in total. The average molecular weight is 354 g/mol. The molecular formula is C11H19IN2O3. The Morgan fingerprint density at radius 3 is 2.24 bits per heavy atom. The summed E-state index contributed by atoms with van der Waals surface area (Å²) in [6, 6.07) is 0.837. The van der Waals surface area contributed by atoms with Gasteiger partial charge in [-0.3, -0.25) is 13.1 Å². The topological polar surface area (TPSA) is 78.4 Å². The van der Waals surface area contributed by atoms with Gasteiger partial charge in [-0.1, -0.05) is 0 Å². The zero-order valence-corrected chi connectivity index (χ0v) is 11.9. The molecule has 0 heterocycles. The molecule has 0 bridgehead atoms. The van der Waals surface area contributed by atoms with Gasteiger partial charge in [0, 0.05) is 47.8 Å². The number of carbonyl (C=O) groups is 2. The first-order valence-electron chi connectivity index (χ1n) is 5.99. The number of carbonyl (C=O) groups excluding carboxylic acids is 1. The van der Waals surface area contributed by atoms with Crippen LogP contribution in [0.4, 0.5) is 0 Å². The monoisotopic (exact) mass is 354 g/mol. The van der Waals surface area contributed by atoms with Gasteiger partial charge in [0.25, 0.3) is 0 Å². The second kappa shape index (κ2) is 7.86. The van der Waals surface area contributed by atoms with E-state index in [1.54, 1.807) is 0 Å². The fraction of sp³-hybridized carbons (Fsp3) is 0.818. The summed E-state index contributed by atoms with van der Waals surface area (Å²) in [7, 11) is 0. The van der Waals surface area contributed by atoms with E-state index >= 15 is 0 Å². The third-order valence-electron chi connectivity index (χ3n) is 3.04. The standard InChI is InChI=1S/C11H19IN2O3/c12-14-9-6-4-8(5-7-9)13-10(15)2-1-3-11(16)17/h8-9,14H,1-7H2,(H,13,15)(H,16,17). The van der Waals surface area contributed by atoms with Crippen molar-refractivity contribution in [3.05, 3.63) is 0 Å². The molecule has 0 saturated heterocycles. The molecule has 98 valence electrons. The minimum atomic E-state index is -0.841. The molecule has 6 heteroatoms. The molecule has 1 aliphatic carbocycles. The fourth-order valence-corrected chi connectivity index (χ4v) is 2.67. The molecule has 0 spiro atoms. The first-order chi connectivity index (χ1) is 8.11. The smallest absolute Gasteiger partial charge is 0.303 e. The van der Waals surface area contributed by atoms with Crippen LogP contribution < -0.4 is 8.85 Å². The third-order valence-corrected chi connectivity index (χ3v) is 3.92. The van der Waals surface area contributed by atoms with Crippen molar-refractivity contribution in [1.29, 1.82) is 0 Å². The Morgan fingerprint density at radius 2 is 1.71 bits per heavy atom. The SMILES string of the molecule is O=C(O)CCCC(=O)NC1CCC(NI)CC1. The number of carboxylic acids is 1. The van der Waals surface area contributed by atoms with Crippen LogP contribution in [-0.2, 0) is 9.59 Å². The van der Waals surface area contributed by atoms with Gasteiger partial charge in [-0.15, -0.1) is 0 Å². The van der Waals surface area contributed by atoms with Gasteiger partial charge >= 0.3 is 5.97 Å². The Morgan fingerprint density at radius 1 is 1.12 bits per heavy atom. The molecule has 0 aliphatic heterocycles. The highest BCUT2D eigenvalue weighted by Crippen LogP contribution is 2.19. The minimum absolute atomic E-state index is 0.0165. The highest BCUT2D eigenvalue weighted by molar-refractivity contribution is 14.1. The quantitative estimate of drug-likeness (QED) is 0.500. The van der Waals surface area contributed by atoms with Crippen LogP contribution >= 0.6 is 22.9 Å². The van der Waals surface area contributed by atoms with E-state index in [-0.39, 0.29) is 18.4 Å². The number of amides is 1. The summed E-state index contributed by atoms with van der Waals surface area (Å²) in [5.41, 5.74) is 0. The van der Waals surface area contributed by atoms with Crippen LogP contribution in [-0.4, -0.2) is 29.1 Å². The maximum absolute atomic E-state index is 11.5. The molecule has 17 heavy (non-hydrogen) atoms. The van der Waals surface area contributed by atoms with E-state index in [0.717, 1.165) is 25.7 Å². The molecule has 1 amide bonds. The van der Waals surface area contributed by atoms with E-state index in [9.17, 15) is 9.59 Å². The molecule has 1 saturated carbocycles. The number of carboxylic acid groups (broad SMARTS) is 1. The Kier molecular flexibility index (Phi) is 6.79. The van der Waals surface area contributed by atoms with E-state index < -0.39 is 5.97 Å². The molecule has 0 radical (unpaired) electrons. The maximum Gasteiger partial charge on any atom is 0.303 e. The third kappa shape index (κ3) is 6.21. The lowest BCUT2D eigenvalue weighted by atomic mass is 9.92. The van der Waals surface area contributed by atoms with Gasteiger partial charge in [0.05, 0.1) is 0 Å². The largest absolute Gasteiger partial charge is 0.481 e. The molecule has 0 atom stereocenters. The average Bonchev–Trinajstić information content (AvgIpc) is 2.29. The van der Waals surface area contributed by atoms with E-state index in [1.807, 2.05) is 0 Å². The Bertz CT molecular complexity index is 265. The number of nitrogens with one attached hydrogen (secondary N) is 2. The van der Waals surface area contributed by atoms with Crippen molar-refractivity contribution < 1.29 is 14.7 Å². The number of hydrogen-bond donors (Lipinski definition) is 3. The molecule has 0 unspecified atom stereocenters. The second-order valence-electron chi connectivity index (χ2n) is 4.47. The lowest BCUT2D eigenvalue weighted by Crippen LogP contribution is -2.40. The molecule has 0 aromatic rings. The van der Waals surface area contributed by atoms with Crippen molar-refractivity contribution in [1.82, 2.24) is 8.85 Å². The van der Waals surface area contributed by atoms with Gasteiger partial charge in [-0.25, -0.2) is 0 Å². The second-order valence-corrected chi connectivity index (χ2v) is 5.10. The summed E-state index contributed by atoms with van der Waals surface area (Å²) in [6.07, 6.45) is 4.99. The number of hydrogen-bond acceptors (Lipinski definition) is 3. The summed E-state index contributed by atoms with van der Waals surface area (Å²) >= 11 is 2.17. The van der Waals surface area contributed by atoms with E-state index in [4.69, 9.17) is 5.11 Å². The van der Waals surface area contributed by atoms with Crippen molar-refractivity contribution in [2.45, 2.75) is 57.0 Å². The number of aliphatic carboxylic acids is 1. The summed E-state index contributed by atoms with van der Waals surface area (Å²) in [5, 5.41) is 11.4. The van der Waals surface area contributed by atoms with Gasteiger partial charge in [0.15, 0.2) is 0 Å². The van der Waals surface area contributed by atoms with Crippen LogP contribution in [0.15, 0.2) is 0 Å². The molecule has 1 fully saturated rings. The summed E-state index contributed by atoms with van der Waals surface area (Å²) in [5.74, 6) is -0.858. The summed E-state index contributed by atoms with van der Waals surface area (Å²) in [4.78, 5) is 21.8. The summed E-state index contributed by atoms with van der Waals surface area (Å²) in [6.45, 7) is 0. The van der Waals surface area contributed by atoms with Crippen LogP contribution in [0.1, 0.15) is 44.9 Å². The summed E-state index contributed by atoms with van der Waals surface area (Å²) < 4.78 is 3.22. The van der Waals surface area contributed by atoms with Gasteiger partial charge in [-0.05, 0) is 32.1 Å². The number of rotatable bonds is 6. The Hall–Kier alpha value is -0.370. The molecular weight excluding hydrogens is 335 g/mol. The number of halogens is 1. The lowest BCUT2D eigenvalue weighted by Gasteiger charge is -2.28. The molecule has 1 aliphatic rings. The highest BCUT2D eigenvalue weighted by atomic mass is 127. The Balaban J connectivity index is 2.12. The van der Waals surface area contributed by atoms with Crippen LogP contribution in [0.3, 0.4) is 0 Å². The van der Waals surface area contributed by atoms with E-state index in [2.05, 4.69) is 31.7 Å². The molecule has 5 nitrogen and oxygen atoms in total. The van der Waals surface area contributed by atoms with Gasteiger partial charge in [-0.2, -0.15) is 0 Å². The van der Waals surface area contributed by atoms with Crippen molar-refractivity contribution in [3.63, 3.8) is 0 Å². The van der Waals surface area contributed by atoms with Crippen molar-refractivity contribution in [2.24, 2.45) is 0 Å². The first kappa shape index (κ1) is 14.7. The fourth-order valence-electron chi connectivity index (χ4n) is 2.05. The molecule has 0 aromatic heterocycles. The van der Waals surface area contributed by atoms with Crippen LogP contribution in [0.2, 0.25) is 0 Å². The van der Waals surface area contributed by atoms with E-state index in [1.165, 1.54) is 0 Å². The van der Waals surface area contributed by atoms with Crippen molar-refractivity contribution in [2.75, 3.05) is 0 Å². The first-order valence-corrected chi connectivity index (χ1v) is 7.07. The predicted molar refractivity (Wildman–Crippen MR) is 72.8 cm³/mol. The zero-order chi connectivity index (χ0) is 12.7. The zero-order valence-electron chi connectivity index (χ0n) is 9.75. The van der Waals surface area contributed by atoms with Crippen LogP contribution in [0.5, 0.6) is 0 Å².